The van der Waals surface area contributed by atoms with Crippen LogP contribution in [0.2, 0.25) is 0 Å². The molecule has 2 heterocycles. The summed E-state index contributed by atoms with van der Waals surface area (Å²) in [6.45, 7) is 0.704. The summed E-state index contributed by atoms with van der Waals surface area (Å²) in [7, 11) is 0. The fourth-order valence-electron chi connectivity index (χ4n) is 2.02. The third-order valence-electron chi connectivity index (χ3n) is 2.98. The van der Waals surface area contributed by atoms with Crippen molar-refractivity contribution in [3.63, 3.8) is 0 Å². The summed E-state index contributed by atoms with van der Waals surface area (Å²) in [5.74, 6) is 1.11. The SMILES string of the molecule is O=Cc1c(OCCOc2ccccc2)nc2ccccn12. The van der Waals surface area contributed by atoms with Crippen molar-refractivity contribution >= 4 is 11.9 Å². The molecular weight excluding hydrogens is 268 g/mol. The average Bonchev–Trinajstić information content (AvgIpc) is 2.90. The highest BCUT2D eigenvalue weighted by Crippen LogP contribution is 2.18. The molecular formula is C16H14N2O3. The Kier molecular flexibility index (Phi) is 3.82. The first-order valence-electron chi connectivity index (χ1n) is 6.61. The van der Waals surface area contributed by atoms with Crippen LogP contribution in [0, 0.1) is 0 Å². The van der Waals surface area contributed by atoms with Crippen molar-refractivity contribution in [3.8, 4) is 11.6 Å². The van der Waals surface area contributed by atoms with E-state index >= 15 is 0 Å². The summed E-state index contributed by atoms with van der Waals surface area (Å²) in [6, 6.07) is 15.0. The molecule has 0 saturated carbocycles. The first kappa shape index (κ1) is 13.2. The number of pyridine rings is 1. The number of ether oxygens (including phenoxy) is 2. The zero-order valence-corrected chi connectivity index (χ0v) is 11.3. The molecule has 1 aromatic carbocycles. The fraction of sp³-hybridized carbons (Fsp3) is 0.125. The zero-order valence-electron chi connectivity index (χ0n) is 11.3. The molecule has 0 fully saturated rings. The van der Waals surface area contributed by atoms with Crippen LogP contribution < -0.4 is 9.47 Å². The molecule has 0 spiro atoms. The minimum Gasteiger partial charge on any atom is -0.490 e. The van der Waals surface area contributed by atoms with Gasteiger partial charge in [0.15, 0.2) is 6.29 Å². The van der Waals surface area contributed by atoms with Crippen LogP contribution in [0.4, 0.5) is 0 Å². The minimum absolute atomic E-state index is 0.319. The molecule has 0 bridgehead atoms. The molecule has 2 aromatic heterocycles. The fourth-order valence-corrected chi connectivity index (χ4v) is 2.02. The third kappa shape index (κ3) is 2.86. The van der Waals surface area contributed by atoms with E-state index in [0.717, 1.165) is 12.0 Å². The third-order valence-corrected chi connectivity index (χ3v) is 2.98. The summed E-state index contributed by atoms with van der Waals surface area (Å²) in [6.07, 6.45) is 2.52. The summed E-state index contributed by atoms with van der Waals surface area (Å²) in [4.78, 5) is 15.5. The van der Waals surface area contributed by atoms with E-state index in [4.69, 9.17) is 9.47 Å². The van der Waals surface area contributed by atoms with Crippen LogP contribution in [-0.4, -0.2) is 28.9 Å². The molecule has 0 unspecified atom stereocenters. The molecule has 0 saturated heterocycles. The Morgan fingerprint density at radius 1 is 1.00 bits per heavy atom. The molecule has 5 heteroatoms. The van der Waals surface area contributed by atoms with Gasteiger partial charge in [0.1, 0.15) is 30.3 Å². The molecule has 0 N–H and O–H groups in total. The van der Waals surface area contributed by atoms with E-state index in [9.17, 15) is 4.79 Å². The van der Waals surface area contributed by atoms with Crippen LogP contribution in [0.5, 0.6) is 11.6 Å². The van der Waals surface area contributed by atoms with Crippen LogP contribution in [0.15, 0.2) is 54.7 Å². The Hall–Kier alpha value is -2.82. The van der Waals surface area contributed by atoms with Crippen molar-refractivity contribution in [2.75, 3.05) is 13.2 Å². The number of carbonyl (C=O) groups excluding carboxylic acids is 1. The van der Waals surface area contributed by atoms with Crippen molar-refractivity contribution in [1.29, 1.82) is 0 Å². The Morgan fingerprint density at radius 3 is 2.57 bits per heavy atom. The van der Waals surface area contributed by atoms with E-state index in [2.05, 4.69) is 4.98 Å². The number of benzene rings is 1. The Bertz CT molecular complexity index is 738. The number of aromatic nitrogens is 2. The van der Waals surface area contributed by atoms with E-state index in [1.54, 1.807) is 10.6 Å². The van der Waals surface area contributed by atoms with Gasteiger partial charge in [-0.3, -0.25) is 9.20 Å². The van der Waals surface area contributed by atoms with Gasteiger partial charge in [-0.2, -0.15) is 4.98 Å². The molecule has 0 aliphatic carbocycles. The first-order valence-corrected chi connectivity index (χ1v) is 6.61. The monoisotopic (exact) mass is 282 g/mol. The van der Waals surface area contributed by atoms with E-state index in [0.29, 0.717) is 30.4 Å². The molecule has 0 radical (unpaired) electrons. The van der Waals surface area contributed by atoms with Crippen molar-refractivity contribution in [3.05, 3.63) is 60.4 Å². The molecule has 0 atom stereocenters. The molecule has 3 rings (SSSR count). The van der Waals surface area contributed by atoms with Crippen LogP contribution in [0.1, 0.15) is 10.5 Å². The molecule has 0 amide bonds. The van der Waals surface area contributed by atoms with E-state index in [1.807, 2.05) is 48.5 Å². The van der Waals surface area contributed by atoms with Gasteiger partial charge in [0.25, 0.3) is 0 Å². The Morgan fingerprint density at radius 2 is 1.76 bits per heavy atom. The molecule has 0 aliphatic heterocycles. The predicted octanol–water partition coefficient (Wildman–Crippen LogP) is 2.60. The maximum Gasteiger partial charge on any atom is 0.243 e. The van der Waals surface area contributed by atoms with Crippen molar-refractivity contribution < 1.29 is 14.3 Å². The van der Waals surface area contributed by atoms with E-state index in [-0.39, 0.29) is 0 Å². The standard InChI is InChI=1S/C16H14N2O3/c19-12-14-16(17-15-8-4-5-9-18(14)15)21-11-10-20-13-6-2-1-3-7-13/h1-9,12H,10-11H2. The summed E-state index contributed by atoms with van der Waals surface area (Å²) < 4.78 is 12.8. The highest BCUT2D eigenvalue weighted by atomic mass is 16.5. The summed E-state index contributed by atoms with van der Waals surface area (Å²) in [5.41, 5.74) is 1.09. The number of imidazole rings is 1. The van der Waals surface area contributed by atoms with Crippen molar-refractivity contribution in [2.24, 2.45) is 0 Å². The smallest absolute Gasteiger partial charge is 0.243 e. The Labute approximate surface area is 121 Å². The number of hydrogen-bond acceptors (Lipinski definition) is 4. The topological polar surface area (TPSA) is 52.8 Å². The van der Waals surface area contributed by atoms with Gasteiger partial charge in [-0.25, -0.2) is 0 Å². The number of aldehydes is 1. The van der Waals surface area contributed by atoms with Crippen molar-refractivity contribution in [2.45, 2.75) is 0 Å². The second-order valence-corrected chi connectivity index (χ2v) is 4.36. The van der Waals surface area contributed by atoms with Gasteiger partial charge in [-0.15, -0.1) is 0 Å². The number of fused-ring (bicyclic) bond motifs is 1. The lowest BCUT2D eigenvalue weighted by atomic mass is 10.3. The normalized spacial score (nSPS) is 10.5. The van der Waals surface area contributed by atoms with Crippen molar-refractivity contribution in [1.82, 2.24) is 9.38 Å². The lowest BCUT2D eigenvalue weighted by Gasteiger charge is -2.06. The maximum absolute atomic E-state index is 11.2. The van der Waals surface area contributed by atoms with Gasteiger partial charge in [0.05, 0.1) is 0 Å². The molecule has 3 aromatic rings. The van der Waals surface area contributed by atoms with Crippen LogP contribution in [-0.2, 0) is 0 Å². The van der Waals surface area contributed by atoms with Gasteiger partial charge >= 0.3 is 0 Å². The van der Waals surface area contributed by atoms with E-state index < -0.39 is 0 Å². The molecule has 0 aliphatic rings. The lowest BCUT2D eigenvalue weighted by Crippen LogP contribution is -2.10. The minimum atomic E-state index is 0.319. The van der Waals surface area contributed by atoms with Gasteiger partial charge in [0.2, 0.25) is 5.88 Å². The van der Waals surface area contributed by atoms with Gasteiger partial charge in [-0.1, -0.05) is 24.3 Å². The molecule has 106 valence electrons. The predicted molar refractivity (Wildman–Crippen MR) is 78.0 cm³/mol. The number of hydrogen-bond donors (Lipinski definition) is 0. The van der Waals surface area contributed by atoms with Gasteiger partial charge < -0.3 is 9.47 Å². The van der Waals surface area contributed by atoms with Crippen LogP contribution in [0.25, 0.3) is 5.65 Å². The lowest BCUT2D eigenvalue weighted by molar-refractivity contribution is 0.111. The van der Waals surface area contributed by atoms with Crippen LogP contribution in [0.3, 0.4) is 0 Å². The summed E-state index contributed by atoms with van der Waals surface area (Å²) >= 11 is 0. The number of nitrogens with zero attached hydrogens (tertiary/aromatic N) is 2. The molecule has 5 nitrogen and oxygen atoms in total. The van der Waals surface area contributed by atoms with Crippen LogP contribution >= 0.6 is 0 Å². The van der Waals surface area contributed by atoms with E-state index in [1.165, 1.54) is 0 Å². The van der Waals surface area contributed by atoms with Gasteiger partial charge in [0, 0.05) is 6.20 Å². The largest absolute Gasteiger partial charge is 0.490 e. The summed E-state index contributed by atoms with van der Waals surface area (Å²) in [5, 5.41) is 0. The molecule has 21 heavy (non-hydrogen) atoms. The average molecular weight is 282 g/mol. The number of para-hydroxylation sites is 1. The maximum atomic E-state index is 11.2. The second kappa shape index (κ2) is 6.09. The highest BCUT2D eigenvalue weighted by molar-refractivity contribution is 5.78. The highest BCUT2D eigenvalue weighted by Gasteiger charge is 2.12. The second-order valence-electron chi connectivity index (χ2n) is 4.36. The van der Waals surface area contributed by atoms with Gasteiger partial charge in [-0.05, 0) is 24.3 Å². The number of carbonyl (C=O) groups is 1. The number of rotatable bonds is 6. The zero-order chi connectivity index (χ0) is 14.5. The first-order chi connectivity index (χ1) is 10.4. The quantitative estimate of drug-likeness (QED) is 0.515. The Balaban J connectivity index is 1.64.